The number of phenolic OH excluding ortho intramolecular Hbond substituents is 1. The van der Waals surface area contributed by atoms with Gasteiger partial charge in [0.25, 0.3) is 11.6 Å². The maximum Gasteiger partial charge on any atom is 0.257 e. The third kappa shape index (κ3) is 4.10. The highest BCUT2D eigenvalue weighted by Gasteiger charge is 2.28. The van der Waals surface area contributed by atoms with Crippen molar-refractivity contribution in [2.75, 3.05) is 19.6 Å². The third-order valence-electron chi connectivity index (χ3n) is 5.69. The normalized spacial score (nSPS) is 17.1. The van der Waals surface area contributed by atoms with Crippen molar-refractivity contribution in [2.45, 2.75) is 39.3 Å². The van der Waals surface area contributed by atoms with E-state index in [0.717, 1.165) is 42.6 Å². The number of aryl methyl sites for hydroxylation is 1. The first kappa shape index (κ1) is 19.4. The van der Waals surface area contributed by atoms with Gasteiger partial charge in [0.1, 0.15) is 5.75 Å². The molecule has 1 aliphatic heterocycles. The van der Waals surface area contributed by atoms with Crippen LogP contribution in [-0.2, 0) is 6.54 Å². The number of carbonyl (C=O) groups excluding carboxylic acids is 1. The second kappa shape index (κ2) is 8.21. The highest BCUT2D eigenvalue weighted by Crippen LogP contribution is 2.22. The van der Waals surface area contributed by atoms with Crippen LogP contribution in [0.5, 0.6) is 5.75 Å². The summed E-state index contributed by atoms with van der Waals surface area (Å²) in [7, 11) is 0. The van der Waals surface area contributed by atoms with Gasteiger partial charge in [0.05, 0.1) is 16.6 Å². The molecule has 0 radical (unpaired) electrons. The highest BCUT2D eigenvalue weighted by atomic mass is 16.5. The number of carbonyl (C=O) groups is 1. The fraction of sp³-hybridized carbons (Fsp3) is 0.409. The quantitative estimate of drug-likeness (QED) is 0.690. The minimum absolute atomic E-state index is 0.0592. The highest BCUT2D eigenvalue weighted by molar-refractivity contribution is 5.97. The molecular weight excluding hydrogens is 368 g/mol. The zero-order chi connectivity index (χ0) is 20.4. The topological polar surface area (TPSA) is 82.7 Å². The van der Waals surface area contributed by atoms with Gasteiger partial charge in [-0.05, 0) is 56.6 Å². The summed E-state index contributed by atoms with van der Waals surface area (Å²) in [4.78, 5) is 22.0. The van der Waals surface area contributed by atoms with Crippen molar-refractivity contribution in [2.24, 2.45) is 0 Å². The van der Waals surface area contributed by atoms with Crippen LogP contribution < -0.4 is 0 Å². The van der Waals surface area contributed by atoms with E-state index in [9.17, 15) is 9.90 Å². The van der Waals surface area contributed by atoms with Crippen LogP contribution in [0.25, 0.3) is 11.1 Å². The van der Waals surface area contributed by atoms with Gasteiger partial charge in [0, 0.05) is 25.3 Å². The number of hydrogen-bond acceptors (Lipinski definition) is 6. The summed E-state index contributed by atoms with van der Waals surface area (Å²) in [5.74, 6) is 0.160. The van der Waals surface area contributed by atoms with Crippen LogP contribution >= 0.6 is 0 Å². The number of aromatic hydroxyl groups is 1. The molecule has 1 fully saturated rings. The van der Waals surface area contributed by atoms with Crippen molar-refractivity contribution < 1.29 is 14.4 Å². The molecular formula is C22H26N4O3. The van der Waals surface area contributed by atoms with E-state index in [0.29, 0.717) is 30.4 Å². The molecule has 0 bridgehead atoms. The summed E-state index contributed by atoms with van der Waals surface area (Å²) in [5.41, 5.74) is 2.67. The van der Waals surface area contributed by atoms with Crippen molar-refractivity contribution in [3.05, 3.63) is 53.3 Å². The molecule has 0 spiro atoms. The van der Waals surface area contributed by atoms with E-state index >= 15 is 0 Å². The third-order valence-corrected chi connectivity index (χ3v) is 5.69. The number of nitrogens with zero attached hydrogens (tertiary/aromatic N) is 4. The Morgan fingerprint density at radius 2 is 2.14 bits per heavy atom. The molecule has 7 heteroatoms. The average molecular weight is 394 g/mol. The van der Waals surface area contributed by atoms with Crippen LogP contribution in [0.4, 0.5) is 0 Å². The van der Waals surface area contributed by atoms with Crippen molar-refractivity contribution in [1.29, 1.82) is 0 Å². The zero-order valence-electron chi connectivity index (χ0n) is 16.8. The molecule has 152 valence electrons. The summed E-state index contributed by atoms with van der Waals surface area (Å²) in [6.45, 7) is 7.21. The number of hydrogen-bond donors (Lipinski definition) is 1. The van der Waals surface area contributed by atoms with Crippen LogP contribution in [0.1, 0.15) is 41.4 Å². The Labute approximate surface area is 169 Å². The maximum absolute atomic E-state index is 13.4. The SMILES string of the molecule is CCN1CCCC1CN(Cc1ccc(O)cc1)C(=O)c1cnc2onc(C)c2c1. The molecule has 29 heavy (non-hydrogen) atoms. The van der Waals surface area contributed by atoms with E-state index in [1.54, 1.807) is 18.3 Å². The van der Waals surface area contributed by atoms with Crippen molar-refractivity contribution in [3.8, 4) is 5.75 Å². The van der Waals surface area contributed by atoms with E-state index in [-0.39, 0.29) is 11.7 Å². The van der Waals surface area contributed by atoms with Crippen molar-refractivity contribution in [3.63, 3.8) is 0 Å². The van der Waals surface area contributed by atoms with Crippen LogP contribution in [0, 0.1) is 6.92 Å². The molecule has 1 amide bonds. The lowest BCUT2D eigenvalue weighted by Gasteiger charge is -2.30. The molecule has 0 aliphatic carbocycles. The average Bonchev–Trinajstić information content (AvgIpc) is 3.34. The Bertz CT molecular complexity index is 999. The molecule has 3 aromatic rings. The first-order valence-electron chi connectivity index (χ1n) is 10.1. The molecule has 0 saturated carbocycles. The lowest BCUT2D eigenvalue weighted by atomic mass is 10.1. The Balaban J connectivity index is 1.62. The van der Waals surface area contributed by atoms with Crippen molar-refractivity contribution in [1.82, 2.24) is 19.9 Å². The number of rotatable bonds is 6. The first-order chi connectivity index (χ1) is 14.0. The van der Waals surface area contributed by atoms with E-state index in [2.05, 4.69) is 22.0 Å². The van der Waals surface area contributed by atoms with E-state index in [1.807, 2.05) is 30.0 Å². The predicted octanol–water partition coefficient (Wildman–Crippen LogP) is 3.36. The van der Waals surface area contributed by atoms with E-state index in [1.165, 1.54) is 0 Å². The summed E-state index contributed by atoms with van der Waals surface area (Å²) >= 11 is 0. The van der Waals surface area contributed by atoms with Gasteiger partial charge >= 0.3 is 0 Å². The Morgan fingerprint density at radius 1 is 1.34 bits per heavy atom. The molecule has 1 N–H and O–H groups in total. The van der Waals surface area contributed by atoms with Crippen LogP contribution in [-0.4, -0.2) is 56.6 Å². The number of fused-ring (bicyclic) bond motifs is 1. The monoisotopic (exact) mass is 394 g/mol. The van der Waals surface area contributed by atoms with Gasteiger partial charge in [0.15, 0.2) is 0 Å². The summed E-state index contributed by atoms with van der Waals surface area (Å²) in [6, 6.07) is 9.18. The lowest BCUT2D eigenvalue weighted by Crippen LogP contribution is -2.42. The van der Waals surface area contributed by atoms with Crippen molar-refractivity contribution >= 4 is 17.0 Å². The van der Waals surface area contributed by atoms with Gasteiger partial charge in [-0.3, -0.25) is 9.69 Å². The van der Waals surface area contributed by atoms with Gasteiger partial charge in [-0.2, -0.15) is 0 Å². The minimum Gasteiger partial charge on any atom is -0.508 e. The van der Waals surface area contributed by atoms with Gasteiger partial charge < -0.3 is 14.5 Å². The smallest absolute Gasteiger partial charge is 0.257 e. The molecule has 1 aliphatic rings. The lowest BCUT2D eigenvalue weighted by molar-refractivity contribution is 0.0692. The van der Waals surface area contributed by atoms with Gasteiger partial charge in [-0.25, -0.2) is 4.98 Å². The molecule has 1 unspecified atom stereocenters. The fourth-order valence-electron chi connectivity index (χ4n) is 4.06. The number of amides is 1. The number of likely N-dealkylation sites (tertiary alicyclic amines) is 1. The number of likely N-dealkylation sites (N-methyl/N-ethyl adjacent to an activating group) is 1. The summed E-state index contributed by atoms with van der Waals surface area (Å²) < 4.78 is 5.17. The predicted molar refractivity (Wildman–Crippen MR) is 110 cm³/mol. The van der Waals surface area contributed by atoms with Crippen LogP contribution in [0.2, 0.25) is 0 Å². The Hall–Kier alpha value is -2.93. The van der Waals surface area contributed by atoms with E-state index in [4.69, 9.17) is 4.52 Å². The number of phenols is 1. The standard InChI is InChI=1S/C22H26N4O3/c1-3-25-10-4-5-18(25)14-26(13-16-6-8-19(27)9-7-16)22(28)17-11-20-15(2)24-29-21(20)23-12-17/h6-9,11-12,18,27H,3-5,10,13-14H2,1-2H3. The van der Waals surface area contributed by atoms with Gasteiger partial charge in [-0.15, -0.1) is 0 Å². The second-order valence-electron chi connectivity index (χ2n) is 7.62. The van der Waals surface area contributed by atoms with Gasteiger partial charge in [0.2, 0.25) is 0 Å². The minimum atomic E-state index is -0.0592. The molecule has 1 aromatic carbocycles. The maximum atomic E-state index is 13.4. The summed E-state index contributed by atoms with van der Waals surface area (Å²) in [6.07, 6.45) is 3.81. The van der Waals surface area contributed by atoms with Crippen LogP contribution in [0.3, 0.4) is 0 Å². The zero-order valence-corrected chi connectivity index (χ0v) is 16.8. The molecule has 7 nitrogen and oxygen atoms in total. The number of benzene rings is 1. The summed E-state index contributed by atoms with van der Waals surface area (Å²) in [5, 5.41) is 14.3. The first-order valence-corrected chi connectivity index (χ1v) is 10.1. The van der Waals surface area contributed by atoms with E-state index < -0.39 is 0 Å². The largest absolute Gasteiger partial charge is 0.508 e. The van der Waals surface area contributed by atoms with Gasteiger partial charge in [-0.1, -0.05) is 24.2 Å². The van der Waals surface area contributed by atoms with Crippen LogP contribution in [0.15, 0.2) is 41.1 Å². The fourth-order valence-corrected chi connectivity index (χ4v) is 4.06. The number of aromatic nitrogens is 2. The Kier molecular flexibility index (Phi) is 5.49. The molecule has 1 atom stereocenters. The molecule has 2 aromatic heterocycles. The second-order valence-corrected chi connectivity index (χ2v) is 7.62. The molecule has 3 heterocycles. The number of pyridine rings is 1. The molecule has 1 saturated heterocycles. The molecule has 4 rings (SSSR count). The Morgan fingerprint density at radius 3 is 2.90 bits per heavy atom.